The summed E-state index contributed by atoms with van der Waals surface area (Å²) in [6, 6.07) is -0.547. The molecule has 6 heteroatoms. The lowest BCUT2D eigenvalue weighted by atomic mass is 10.0. The van der Waals surface area contributed by atoms with Crippen molar-refractivity contribution in [1.82, 2.24) is 5.32 Å². The van der Waals surface area contributed by atoms with Gasteiger partial charge in [-0.25, -0.2) is 0 Å². The van der Waals surface area contributed by atoms with Gasteiger partial charge >= 0.3 is 5.97 Å². The number of ether oxygens (including phenoxy) is 1. The quantitative estimate of drug-likeness (QED) is 0.0418. The summed E-state index contributed by atoms with van der Waals surface area (Å²) in [7, 11) is 0. The molecular weight excluding hydrogens is 767 g/mol. The SMILES string of the molecule is CCCCCCCCCCCCCCCCCCC(=O)OCCCCCCCCCCCCCCCCC(=O)NC(CO)C(O)CCCCCCCCCCCCCCCCC. The van der Waals surface area contributed by atoms with E-state index in [2.05, 4.69) is 19.2 Å². The molecule has 0 aromatic rings. The fourth-order valence-electron chi connectivity index (χ4n) is 9.05. The molecule has 0 saturated carbocycles. The number of aliphatic hydroxyl groups is 2. The molecule has 0 aliphatic rings. The molecule has 0 spiro atoms. The largest absolute Gasteiger partial charge is 0.466 e. The van der Waals surface area contributed by atoms with E-state index in [1.165, 1.54) is 238 Å². The molecule has 0 aromatic heterocycles. The van der Waals surface area contributed by atoms with Gasteiger partial charge in [-0.1, -0.05) is 284 Å². The maximum absolute atomic E-state index is 12.5. The van der Waals surface area contributed by atoms with Crippen LogP contribution in [0, 0.1) is 0 Å². The Kier molecular flexibility index (Phi) is 51.5. The first-order valence-electron chi connectivity index (χ1n) is 28.3. The molecule has 62 heavy (non-hydrogen) atoms. The highest BCUT2D eigenvalue weighted by Gasteiger charge is 2.20. The Hall–Kier alpha value is -1.14. The molecule has 0 aromatic carbocycles. The smallest absolute Gasteiger partial charge is 0.305 e. The average molecular weight is 879 g/mol. The second kappa shape index (κ2) is 52.5. The summed E-state index contributed by atoms with van der Waals surface area (Å²) in [4.78, 5) is 24.5. The van der Waals surface area contributed by atoms with Crippen molar-refractivity contribution in [3.8, 4) is 0 Å². The fourth-order valence-corrected chi connectivity index (χ4v) is 9.05. The highest BCUT2D eigenvalue weighted by molar-refractivity contribution is 5.76. The Morgan fingerprint density at radius 2 is 0.661 bits per heavy atom. The number of carbonyl (C=O) groups excluding carboxylic acids is 2. The average Bonchev–Trinajstić information content (AvgIpc) is 3.27. The molecule has 0 bridgehead atoms. The second-order valence-corrected chi connectivity index (χ2v) is 19.6. The highest BCUT2D eigenvalue weighted by Crippen LogP contribution is 2.18. The monoisotopic (exact) mass is 878 g/mol. The van der Waals surface area contributed by atoms with Crippen molar-refractivity contribution in [2.75, 3.05) is 13.2 Å². The Bertz CT molecular complexity index is 882. The van der Waals surface area contributed by atoms with Crippen LogP contribution in [0.2, 0.25) is 0 Å². The molecular formula is C56H111NO5. The summed E-state index contributed by atoms with van der Waals surface area (Å²) < 4.78 is 5.48. The molecule has 0 radical (unpaired) electrons. The van der Waals surface area contributed by atoms with Crippen molar-refractivity contribution >= 4 is 11.9 Å². The summed E-state index contributed by atoms with van der Waals surface area (Å²) in [5.41, 5.74) is 0. The van der Waals surface area contributed by atoms with Gasteiger partial charge in [0.15, 0.2) is 0 Å². The first-order chi connectivity index (χ1) is 30.5. The van der Waals surface area contributed by atoms with Crippen molar-refractivity contribution in [3.63, 3.8) is 0 Å². The van der Waals surface area contributed by atoms with Crippen molar-refractivity contribution in [2.24, 2.45) is 0 Å². The summed E-state index contributed by atoms with van der Waals surface area (Å²) in [5.74, 6) is -0.0404. The number of nitrogens with one attached hydrogen (secondary N) is 1. The number of aliphatic hydroxyl groups excluding tert-OH is 2. The molecule has 2 atom stereocenters. The van der Waals surface area contributed by atoms with Crippen LogP contribution in [0.4, 0.5) is 0 Å². The van der Waals surface area contributed by atoms with Crippen LogP contribution in [0.15, 0.2) is 0 Å². The molecule has 0 fully saturated rings. The van der Waals surface area contributed by atoms with Gasteiger partial charge in [-0.3, -0.25) is 9.59 Å². The molecule has 0 rings (SSSR count). The van der Waals surface area contributed by atoms with Gasteiger partial charge in [-0.2, -0.15) is 0 Å². The zero-order valence-corrected chi connectivity index (χ0v) is 42.1. The van der Waals surface area contributed by atoms with Crippen LogP contribution < -0.4 is 5.32 Å². The number of hydrogen-bond acceptors (Lipinski definition) is 5. The number of esters is 1. The predicted octanol–water partition coefficient (Wildman–Crippen LogP) is 17.1. The molecule has 0 heterocycles. The number of rotatable bonds is 53. The minimum absolute atomic E-state index is 0.00222. The number of carbonyl (C=O) groups is 2. The van der Waals surface area contributed by atoms with E-state index in [-0.39, 0.29) is 18.5 Å². The van der Waals surface area contributed by atoms with Crippen LogP contribution in [-0.2, 0) is 14.3 Å². The van der Waals surface area contributed by atoms with E-state index in [0.717, 1.165) is 51.4 Å². The second-order valence-electron chi connectivity index (χ2n) is 19.6. The number of amides is 1. The van der Waals surface area contributed by atoms with Crippen molar-refractivity contribution < 1.29 is 24.5 Å². The first kappa shape index (κ1) is 60.9. The first-order valence-corrected chi connectivity index (χ1v) is 28.3. The lowest BCUT2D eigenvalue weighted by Gasteiger charge is -2.22. The zero-order valence-electron chi connectivity index (χ0n) is 42.1. The van der Waals surface area contributed by atoms with E-state index in [1.807, 2.05) is 0 Å². The van der Waals surface area contributed by atoms with Gasteiger partial charge < -0.3 is 20.3 Å². The zero-order chi connectivity index (χ0) is 45.1. The predicted molar refractivity (Wildman–Crippen MR) is 269 cm³/mol. The highest BCUT2D eigenvalue weighted by atomic mass is 16.5. The molecule has 2 unspecified atom stereocenters. The lowest BCUT2D eigenvalue weighted by Crippen LogP contribution is -2.45. The maximum Gasteiger partial charge on any atom is 0.305 e. The van der Waals surface area contributed by atoms with Crippen LogP contribution in [0.5, 0.6) is 0 Å². The molecule has 6 nitrogen and oxygen atoms in total. The number of hydrogen-bond donors (Lipinski definition) is 3. The topological polar surface area (TPSA) is 95.9 Å². The van der Waals surface area contributed by atoms with Crippen molar-refractivity contribution in [2.45, 2.75) is 334 Å². The Morgan fingerprint density at radius 1 is 0.387 bits per heavy atom. The fraction of sp³-hybridized carbons (Fsp3) is 0.964. The van der Waals surface area contributed by atoms with E-state index in [4.69, 9.17) is 4.74 Å². The molecule has 370 valence electrons. The standard InChI is InChI=1S/C56H111NO5/c1-3-5-7-9-11-13-15-17-19-21-26-30-34-38-42-46-50-56(61)62-51-47-43-39-35-31-27-23-22-25-29-33-37-41-45-49-55(60)57-53(52-58)54(59)48-44-40-36-32-28-24-20-18-16-14-12-10-8-6-4-2/h53-54,58-59H,3-52H2,1-2H3,(H,57,60). The normalized spacial score (nSPS) is 12.5. The van der Waals surface area contributed by atoms with Crippen LogP contribution in [-0.4, -0.2) is 47.4 Å². The van der Waals surface area contributed by atoms with Crippen molar-refractivity contribution in [1.29, 1.82) is 0 Å². The number of unbranched alkanes of at least 4 members (excludes halogenated alkanes) is 42. The van der Waals surface area contributed by atoms with Gasteiger partial charge in [-0.05, 0) is 25.7 Å². The summed E-state index contributed by atoms with van der Waals surface area (Å²) >= 11 is 0. The minimum Gasteiger partial charge on any atom is -0.466 e. The van der Waals surface area contributed by atoms with Gasteiger partial charge in [-0.15, -0.1) is 0 Å². The summed E-state index contributed by atoms with van der Waals surface area (Å²) in [6.45, 7) is 4.96. The minimum atomic E-state index is -0.669. The van der Waals surface area contributed by atoms with Gasteiger partial charge in [0.2, 0.25) is 5.91 Å². The van der Waals surface area contributed by atoms with E-state index >= 15 is 0 Å². The van der Waals surface area contributed by atoms with Crippen LogP contribution in [0.25, 0.3) is 0 Å². The molecule has 0 saturated heterocycles. The summed E-state index contributed by atoms with van der Waals surface area (Å²) in [5, 5.41) is 23.3. The van der Waals surface area contributed by atoms with Crippen LogP contribution >= 0.6 is 0 Å². The molecule has 1 amide bonds. The molecule has 0 aliphatic carbocycles. The molecule has 3 N–H and O–H groups in total. The Morgan fingerprint density at radius 3 is 0.984 bits per heavy atom. The molecule has 0 aliphatic heterocycles. The van der Waals surface area contributed by atoms with Gasteiger partial charge in [0.05, 0.1) is 25.4 Å². The third kappa shape index (κ3) is 48.3. The lowest BCUT2D eigenvalue weighted by molar-refractivity contribution is -0.143. The van der Waals surface area contributed by atoms with Gasteiger partial charge in [0, 0.05) is 12.8 Å². The van der Waals surface area contributed by atoms with Crippen molar-refractivity contribution in [3.05, 3.63) is 0 Å². The van der Waals surface area contributed by atoms with Crippen LogP contribution in [0.1, 0.15) is 322 Å². The van der Waals surface area contributed by atoms with E-state index in [9.17, 15) is 19.8 Å². The van der Waals surface area contributed by atoms with E-state index < -0.39 is 12.1 Å². The van der Waals surface area contributed by atoms with Gasteiger partial charge in [0.1, 0.15) is 0 Å². The van der Waals surface area contributed by atoms with Gasteiger partial charge in [0.25, 0.3) is 0 Å². The Balaban J connectivity index is 3.41. The van der Waals surface area contributed by atoms with E-state index in [1.54, 1.807) is 0 Å². The Labute approximate surface area is 387 Å². The third-order valence-electron chi connectivity index (χ3n) is 13.4. The van der Waals surface area contributed by atoms with E-state index in [0.29, 0.717) is 25.9 Å². The maximum atomic E-state index is 12.5. The van der Waals surface area contributed by atoms with Crippen LogP contribution in [0.3, 0.4) is 0 Å². The third-order valence-corrected chi connectivity index (χ3v) is 13.4. The summed E-state index contributed by atoms with van der Waals surface area (Å²) in [6.07, 6.45) is 59.4.